The summed E-state index contributed by atoms with van der Waals surface area (Å²) in [4.78, 5) is 17.6. The SMILES string of the molecule is CCN1C(=O)/C(=C2/C=C(C(C#N)=Cc3ccc(N4CCCCC4)cc3)OC(c3ccccc3)=C2)SC1=S. The van der Waals surface area contributed by atoms with Crippen LogP contribution in [-0.4, -0.2) is 34.8 Å². The molecule has 3 aliphatic rings. The minimum Gasteiger partial charge on any atom is -0.455 e. The Morgan fingerprint density at radius 1 is 1.08 bits per heavy atom. The number of ether oxygens (including phenoxy) is 1. The molecule has 0 N–H and O–H groups in total. The molecule has 0 aliphatic carbocycles. The summed E-state index contributed by atoms with van der Waals surface area (Å²) in [7, 11) is 0. The Kier molecular flexibility index (Phi) is 7.59. The Balaban J connectivity index is 1.51. The van der Waals surface area contributed by atoms with E-state index in [-0.39, 0.29) is 5.91 Å². The zero-order valence-corrected chi connectivity index (χ0v) is 22.3. The van der Waals surface area contributed by atoms with E-state index in [4.69, 9.17) is 17.0 Å². The molecule has 5 nitrogen and oxygen atoms in total. The minimum absolute atomic E-state index is 0.121. The highest BCUT2D eigenvalue weighted by Crippen LogP contribution is 2.39. The van der Waals surface area contributed by atoms with Gasteiger partial charge in [-0.15, -0.1) is 0 Å². The van der Waals surface area contributed by atoms with Crippen LogP contribution in [0.5, 0.6) is 0 Å². The number of thioether (sulfide) groups is 1. The Labute approximate surface area is 227 Å². The van der Waals surface area contributed by atoms with E-state index in [2.05, 4.69) is 23.1 Å². The number of piperidine rings is 1. The lowest BCUT2D eigenvalue weighted by Crippen LogP contribution is -2.29. The molecule has 0 saturated carbocycles. The summed E-state index contributed by atoms with van der Waals surface area (Å²) in [6, 6.07) is 20.3. The smallest absolute Gasteiger partial charge is 0.266 e. The quantitative estimate of drug-likeness (QED) is 0.247. The summed E-state index contributed by atoms with van der Waals surface area (Å²) in [5.74, 6) is 0.863. The molecular formula is C30H27N3O2S2. The number of carbonyl (C=O) groups is 1. The van der Waals surface area contributed by atoms with Crippen molar-refractivity contribution < 1.29 is 9.53 Å². The number of rotatable bonds is 5. The van der Waals surface area contributed by atoms with Crippen molar-refractivity contribution in [2.45, 2.75) is 26.2 Å². The molecule has 37 heavy (non-hydrogen) atoms. The maximum atomic E-state index is 13.1. The number of amides is 1. The normalized spacial score (nSPS) is 20.4. The molecule has 0 spiro atoms. The first-order valence-corrected chi connectivity index (χ1v) is 13.7. The van der Waals surface area contributed by atoms with E-state index in [1.54, 1.807) is 11.0 Å². The monoisotopic (exact) mass is 525 g/mol. The van der Waals surface area contributed by atoms with Gasteiger partial charge in [-0.25, -0.2) is 0 Å². The van der Waals surface area contributed by atoms with E-state index in [9.17, 15) is 10.1 Å². The average molecular weight is 526 g/mol. The topological polar surface area (TPSA) is 56.6 Å². The predicted octanol–water partition coefficient (Wildman–Crippen LogP) is 6.67. The highest BCUT2D eigenvalue weighted by atomic mass is 32.2. The first-order chi connectivity index (χ1) is 18.1. The van der Waals surface area contributed by atoms with Gasteiger partial charge in [0.1, 0.15) is 21.9 Å². The molecule has 0 aromatic heterocycles. The molecule has 7 heteroatoms. The second kappa shape index (κ2) is 11.2. The van der Waals surface area contributed by atoms with Crippen molar-refractivity contribution in [1.82, 2.24) is 4.90 Å². The third-order valence-corrected chi connectivity index (χ3v) is 8.07. The van der Waals surface area contributed by atoms with Gasteiger partial charge in [0.05, 0.1) is 10.5 Å². The van der Waals surface area contributed by atoms with Crippen molar-refractivity contribution in [3.63, 3.8) is 0 Å². The van der Waals surface area contributed by atoms with Crippen molar-refractivity contribution in [2.75, 3.05) is 24.5 Å². The van der Waals surface area contributed by atoms with E-state index in [1.165, 1.54) is 36.7 Å². The number of thiocarbonyl (C=S) groups is 1. The van der Waals surface area contributed by atoms with Crippen LogP contribution in [0.25, 0.3) is 11.8 Å². The molecule has 2 aromatic rings. The second-order valence-electron chi connectivity index (χ2n) is 9.00. The van der Waals surface area contributed by atoms with E-state index in [1.807, 2.05) is 61.5 Å². The van der Waals surface area contributed by atoms with Crippen LogP contribution < -0.4 is 4.90 Å². The Bertz CT molecular complexity index is 1380. The molecule has 2 saturated heterocycles. The average Bonchev–Trinajstić information content (AvgIpc) is 3.25. The summed E-state index contributed by atoms with van der Waals surface area (Å²) >= 11 is 6.71. The fourth-order valence-corrected chi connectivity index (χ4v) is 6.01. The maximum absolute atomic E-state index is 13.1. The fourth-order valence-electron chi connectivity index (χ4n) is 4.62. The molecule has 0 atom stereocenters. The highest BCUT2D eigenvalue weighted by molar-refractivity contribution is 8.26. The summed E-state index contributed by atoms with van der Waals surface area (Å²) in [6.07, 6.45) is 9.19. The van der Waals surface area contributed by atoms with Gasteiger partial charge in [-0.3, -0.25) is 9.69 Å². The molecule has 0 unspecified atom stereocenters. The van der Waals surface area contributed by atoms with Gasteiger partial charge in [0.2, 0.25) is 0 Å². The molecule has 0 bridgehead atoms. The first-order valence-electron chi connectivity index (χ1n) is 12.5. The Hall–Kier alpha value is -3.60. The van der Waals surface area contributed by atoms with Gasteiger partial charge in [-0.2, -0.15) is 5.26 Å². The van der Waals surface area contributed by atoms with Crippen molar-refractivity contribution >= 4 is 51.7 Å². The predicted molar refractivity (Wildman–Crippen MR) is 154 cm³/mol. The molecule has 0 radical (unpaired) electrons. The fraction of sp³-hybridized carbons (Fsp3) is 0.233. The summed E-state index contributed by atoms with van der Waals surface area (Å²) in [5.41, 5.74) is 4.06. The standard InChI is InChI=1S/C30H27N3O2S2/c1-2-33-29(34)28(37-30(33)36)23-18-26(22-9-5-3-6-10-22)35-27(19-23)24(20-31)17-21-11-13-25(14-12-21)32-15-7-4-8-16-32/h3,5-6,9-14,17-19H,2,4,7-8,15-16H2,1H3/b24-17?,28-23-. The van der Waals surface area contributed by atoms with Gasteiger partial charge in [0.15, 0.2) is 0 Å². The van der Waals surface area contributed by atoms with E-state index in [0.29, 0.717) is 38.4 Å². The number of hydrogen-bond donors (Lipinski definition) is 0. The zero-order chi connectivity index (χ0) is 25.8. The van der Waals surface area contributed by atoms with E-state index < -0.39 is 0 Å². The summed E-state index contributed by atoms with van der Waals surface area (Å²) in [6.45, 7) is 4.59. The molecular weight excluding hydrogens is 498 g/mol. The summed E-state index contributed by atoms with van der Waals surface area (Å²) < 4.78 is 6.78. The zero-order valence-electron chi connectivity index (χ0n) is 20.6. The van der Waals surface area contributed by atoms with Crippen LogP contribution in [0.15, 0.2) is 88.6 Å². The van der Waals surface area contributed by atoms with Gasteiger partial charge >= 0.3 is 0 Å². The lowest BCUT2D eigenvalue weighted by Gasteiger charge is -2.28. The largest absolute Gasteiger partial charge is 0.455 e. The molecule has 2 fully saturated rings. The van der Waals surface area contributed by atoms with Gasteiger partial charge in [0.25, 0.3) is 5.91 Å². The molecule has 1 amide bonds. The number of nitrogens with zero attached hydrogens (tertiary/aromatic N) is 3. The van der Waals surface area contributed by atoms with Crippen molar-refractivity contribution in [3.05, 3.63) is 99.7 Å². The number of allylic oxidation sites excluding steroid dienone is 4. The molecule has 3 heterocycles. The number of carbonyl (C=O) groups excluding carboxylic acids is 1. The third kappa shape index (κ3) is 5.41. The van der Waals surface area contributed by atoms with Crippen LogP contribution in [0.4, 0.5) is 5.69 Å². The van der Waals surface area contributed by atoms with Crippen LogP contribution in [0.2, 0.25) is 0 Å². The number of benzene rings is 2. The molecule has 5 rings (SSSR count). The van der Waals surface area contributed by atoms with E-state index in [0.717, 1.165) is 24.2 Å². The van der Waals surface area contributed by atoms with Crippen LogP contribution in [-0.2, 0) is 9.53 Å². The van der Waals surface area contributed by atoms with Crippen LogP contribution >= 0.6 is 24.0 Å². The second-order valence-corrected chi connectivity index (χ2v) is 10.6. The van der Waals surface area contributed by atoms with Crippen LogP contribution in [0, 0.1) is 11.3 Å². The van der Waals surface area contributed by atoms with Gasteiger partial charge in [0, 0.05) is 36.5 Å². The van der Waals surface area contributed by atoms with Crippen molar-refractivity contribution in [2.24, 2.45) is 0 Å². The van der Waals surface area contributed by atoms with Gasteiger partial charge in [-0.05, 0) is 62.1 Å². The number of likely N-dealkylation sites (N-methyl/N-ethyl adjacent to an activating group) is 1. The Morgan fingerprint density at radius 2 is 1.81 bits per heavy atom. The minimum atomic E-state index is -0.121. The lowest BCUT2D eigenvalue weighted by molar-refractivity contribution is -0.122. The molecule has 186 valence electrons. The van der Waals surface area contributed by atoms with Crippen LogP contribution in [0.3, 0.4) is 0 Å². The van der Waals surface area contributed by atoms with Crippen LogP contribution in [0.1, 0.15) is 37.3 Å². The lowest BCUT2D eigenvalue weighted by atomic mass is 10.0. The van der Waals surface area contributed by atoms with Crippen molar-refractivity contribution in [1.29, 1.82) is 5.26 Å². The van der Waals surface area contributed by atoms with Crippen molar-refractivity contribution in [3.8, 4) is 6.07 Å². The number of nitriles is 1. The number of hydrogen-bond acceptors (Lipinski definition) is 6. The summed E-state index contributed by atoms with van der Waals surface area (Å²) in [5, 5.41) is 10.1. The van der Waals surface area contributed by atoms with Gasteiger partial charge in [-0.1, -0.05) is 66.4 Å². The Morgan fingerprint density at radius 3 is 2.46 bits per heavy atom. The van der Waals surface area contributed by atoms with E-state index >= 15 is 0 Å². The molecule has 3 aliphatic heterocycles. The number of anilines is 1. The first kappa shape index (κ1) is 25.1. The maximum Gasteiger partial charge on any atom is 0.266 e. The molecule has 2 aromatic carbocycles. The van der Waals surface area contributed by atoms with Gasteiger partial charge < -0.3 is 9.64 Å². The highest BCUT2D eigenvalue weighted by Gasteiger charge is 2.33. The third-order valence-electron chi connectivity index (χ3n) is 6.59.